The second-order valence-electron chi connectivity index (χ2n) is 4.50. The molecular formula is C12H15N3O2. The number of aromatic amines is 1. The Morgan fingerprint density at radius 2 is 2.29 bits per heavy atom. The molecule has 17 heavy (non-hydrogen) atoms. The van der Waals surface area contributed by atoms with Crippen molar-refractivity contribution in [2.75, 3.05) is 19.6 Å². The van der Waals surface area contributed by atoms with Crippen molar-refractivity contribution in [3.63, 3.8) is 0 Å². The minimum Gasteiger partial charge on any atom is -0.408 e. The topological polar surface area (TPSA) is 70.1 Å². The van der Waals surface area contributed by atoms with Crippen LogP contribution in [0.25, 0.3) is 11.1 Å². The van der Waals surface area contributed by atoms with Crippen LogP contribution in [0.2, 0.25) is 0 Å². The Bertz CT molecular complexity index is 568. The van der Waals surface area contributed by atoms with Gasteiger partial charge in [-0.2, -0.15) is 0 Å². The van der Waals surface area contributed by atoms with Crippen LogP contribution >= 0.6 is 0 Å². The predicted octanol–water partition coefficient (Wildman–Crippen LogP) is 0.430. The summed E-state index contributed by atoms with van der Waals surface area (Å²) in [6.07, 6.45) is 0. The predicted molar refractivity (Wildman–Crippen MR) is 64.9 cm³/mol. The van der Waals surface area contributed by atoms with E-state index in [1.165, 1.54) is 0 Å². The van der Waals surface area contributed by atoms with Gasteiger partial charge in [-0.05, 0) is 23.6 Å². The van der Waals surface area contributed by atoms with Crippen LogP contribution in [0.15, 0.2) is 27.4 Å². The van der Waals surface area contributed by atoms with Crippen molar-refractivity contribution in [2.24, 2.45) is 5.92 Å². The van der Waals surface area contributed by atoms with Crippen molar-refractivity contribution in [2.45, 2.75) is 6.54 Å². The molecule has 0 radical (unpaired) electrons. The van der Waals surface area contributed by atoms with E-state index >= 15 is 0 Å². The molecule has 90 valence electrons. The van der Waals surface area contributed by atoms with Crippen LogP contribution in [0.4, 0.5) is 0 Å². The molecule has 5 heteroatoms. The lowest BCUT2D eigenvalue weighted by atomic mass is 10.0. The first-order valence-electron chi connectivity index (χ1n) is 5.84. The van der Waals surface area contributed by atoms with E-state index in [4.69, 9.17) is 4.42 Å². The molecule has 0 saturated carbocycles. The van der Waals surface area contributed by atoms with Crippen molar-refractivity contribution in [1.29, 1.82) is 0 Å². The summed E-state index contributed by atoms with van der Waals surface area (Å²) in [4.78, 5) is 13.6. The van der Waals surface area contributed by atoms with Crippen LogP contribution in [0.3, 0.4) is 0 Å². The van der Waals surface area contributed by atoms with E-state index < -0.39 is 5.76 Å². The summed E-state index contributed by atoms with van der Waals surface area (Å²) in [6, 6.07) is 5.78. The Balaban J connectivity index is 1.65. The number of oxazole rings is 1. The van der Waals surface area contributed by atoms with Crippen LogP contribution in [0.1, 0.15) is 5.56 Å². The van der Waals surface area contributed by atoms with Crippen molar-refractivity contribution in [3.05, 3.63) is 34.3 Å². The third kappa shape index (κ3) is 2.25. The van der Waals surface area contributed by atoms with Crippen LogP contribution < -0.4 is 16.4 Å². The maximum Gasteiger partial charge on any atom is 0.417 e. The lowest BCUT2D eigenvalue weighted by molar-refractivity contribution is 0.331. The summed E-state index contributed by atoms with van der Waals surface area (Å²) in [7, 11) is 0. The van der Waals surface area contributed by atoms with Crippen LogP contribution in [-0.2, 0) is 6.54 Å². The van der Waals surface area contributed by atoms with Crippen LogP contribution in [0.5, 0.6) is 0 Å². The maximum absolute atomic E-state index is 11.0. The largest absolute Gasteiger partial charge is 0.417 e. The van der Waals surface area contributed by atoms with Crippen molar-refractivity contribution in [1.82, 2.24) is 15.6 Å². The number of fused-ring (bicyclic) bond motifs is 1. The van der Waals surface area contributed by atoms with E-state index in [-0.39, 0.29) is 0 Å². The first-order valence-corrected chi connectivity index (χ1v) is 5.84. The second-order valence-corrected chi connectivity index (χ2v) is 4.50. The van der Waals surface area contributed by atoms with Gasteiger partial charge >= 0.3 is 5.76 Å². The summed E-state index contributed by atoms with van der Waals surface area (Å²) in [5.74, 6) is 0.356. The molecule has 1 aromatic heterocycles. The number of aromatic nitrogens is 1. The average molecular weight is 233 g/mol. The van der Waals surface area contributed by atoms with Gasteiger partial charge < -0.3 is 15.1 Å². The summed E-state index contributed by atoms with van der Waals surface area (Å²) in [5.41, 5.74) is 2.51. The zero-order chi connectivity index (χ0) is 11.7. The molecule has 0 atom stereocenters. The number of rotatable bonds is 4. The van der Waals surface area contributed by atoms with E-state index in [2.05, 4.69) is 15.6 Å². The molecule has 2 aromatic rings. The highest BCUT2D eigenvalue weighted by Crippen LogP contribution is 2.12. The van der Waals surface area contributed by atoms with Gasteiger partial charge in [-0.3, -0.25) is 4.98 Å². The molecule has 1 fully saturated rings. The lowest BCUT2D eigenvalue weighted by Crippen LogP contribution is -2.47. The summed E-state index contributed by atoms with van der Waals surface area (Å²) < 4.78 is 5.02. The van der Waals surface area contributed by atoms with Gasteiger partial charge in [0.2, 0.25) is 0 Å². The molecular weight excluding hydrogens is 218 g/mol. The molecule has 3 N–H and O–H groups in total. The summed E-state index contributed by atoms with van der Waals surface area (Å²) >= 11 is 0. The number of H-pyrrole nitrogens is 1. The van der Waals surface area contributed by atoms with Gasteiger partial charge in [0.05, 0.1) is 5.52 Å². The number of hydrogen-bond acceptors (Lipinski definition) is 4. The highest BCUT2D eigenvalue weighted by atomic mass is 16.4. The molecule has 0 spiro atoms. The Morgan fingerprint density at radius 1 is 1.41 bits per heavy atom. The Hall–Kier alpha value is -1.59. The van der Waals surface area contributed by atoms with Crippen molar-refractivity contribution in [3.8, 4) is 0 Å². The maximum atomic E-state index is 11.0. The smallest absolute Gasteiger partial charge is 0.408 e. The van der Waals surface area contributed by atoms with Crippen molar-refractivity contribution >= 4 is 11.1 Å². The third-order valence-electron chi connectivity index (χ3n) is 3.11. The number of nitrogens with one attached hydrogen (secondary N) is 3. The zero-order valence-corrected chi connectivity index (χ0v) is 9.45. The number of hydrogen-bond donors (Lipinski definition) is 3. The molecule has 0 aliphatic carbocycles. The summed E-state index contributed by atoms with van der Waals surface area (Å²) in [6.45, 7) is 4.06. The van der Waals surface area contributed by atoms with Gasteiger partial charge in [-0.15, -0.1) is 0 Å². The van der Waals surface area contributed by atoms with E-state index in [1.54, 1.807) is 0 Å². The van der Waals surface area contributed by atoms with Crippen molar-refractivity contribution < 1.29 is 4.42 Å². The third-order valence-corrected chi connectivity index (χ3v) is 3.11. The SMILES string of the molecule is O=c1[nH]c2ccc(CNCC3CNC3)cc2o1. The minimum atomic E-state index is -0.398. The molecule has 2 heterocycles. The zero-order valence-electron chi connectivity index (χ0n) is 9.45. The Morgan fingerprint density at radius 3 is 3.06 bits per heavy atom. The van der Waals surface area contributed by atoms with Gasteiger partial charge in [0.1, 0.15) is 0 Å². The lowest BCUT2D eigenvalue weighted by Gasteiger charge is -2.27. The van der Waals surface area contributed by atoms with Crippen LogP contribution in [-0.4, -0.2) is 24.6 Å². The second kappa shape index (κ2) is 4.35. The van der Waals surface area contributed by atoms with Crippen LogP contribution in [0, 0.1) is 5.92 Å². The fourth-order valence-electron chi connectivity index (χ4n) is 2.01. The Kier molecular flexibility index (Phi) is 2.70. The van der Waals surface area contributed by atoms with E-state index in [9.17, 15) is 4.79 Å². The van der Waals surface area contributed by atoms with Gasteiger partial charge in [-0.1, -0.05) is 6.07 Å². The minimum absolute atomic E-state index is 0.398. The molecule has 1 aliphatic heterocycles. The average Bonchev–Trinajstić information content (AvgIpc) is 2.61. The molecule has 0 unspecified atom stereocenters. The highest BCUT2D eigenvalue weighted by molar-refractivity contribution is 5.72. The van der Waals surface area contributed by atoms with E-state index in [0.29, 0.717) is 5.58 Å². The van der Waals surface area contributed by atoms with Gasteiger partial charge in [0.25, 0.3) is 0 Å². The molecule has 0 amide bonds. The molecule has 3 rings (SSSR count). The molecule has 1 aliphatic rings. The monoisotopic (exact) mass is 233 g/mol. The van der Waals surface area contributed by atoms with Gasteiger partial charge in [0.15, 0.2) is 5.58 Å². The quantitative estimate of drug-likeness (QED) is 0.716. The molecule has 1 aromatic carbocycles. The molecule has 0 bridgehead atoms. The van der Waals surface area contributed by atoms with E-state index in [0.717, 1.165) is 43.2 Å². The standard InChI is InChI=1S/C12H15N3O2/c16-12-15-10-2-1-8(3-11(10)17-12)4-13-5-9-6-14-7-9/h1-3,9,13-14H,4-7H2,(H,15,16). The van der Waals surface area contributed by atoms with Gasteiger partial charge in [0, 0.05) is 26.2 Å². The number of benzene rings is 1. The fourth-order valence-corrected chi connectivity index (χ4v) is 2.01. The first kappa shape index (κ1) is 10.6. The van der Waals surface area contributed by atoms with Gasteiger partial charge in [-0.25, -0.2) is 4.79 Å². The Labute approximate surface area is 98.2 Å². The first-order chi connectivity index (χ1) is 8.31. The molecule has 5 nitrogen and oxygen atoms in total. The van der Waals surface area contributed by atoms with E-state index in [1.807, 2.05) is 18.2 Å². The molecule has 1 saturated heterocycles. The highest BCUT2D eigenvalue weighted by Gasteiger charge is 2.15. The fraction of sp³-hybridized carbons (Fsp3) is 0.417. The normalized spacial score (nSPS) is 16.2. The summed E-state index contributed by atoms with van der Waals surface area (Å²) in [5, 5.41) is 6.65.